The average Bonchev–Trinajstić information content (AvgIpc) is 3.59. The molecule has 2 aromatic carbocycles. The number of rotatable bonds is 1. The summed E-state index contributed by atoms with van der Waals surface area (Å²) in [4.78, 5) is 13.2. The number of nitrogens with zero attached hydrogens (tertiary/aromatic N) is 5. The second-order valence-corrected chi connectivity index (χ2v) is 12.6. The van der Waals surface area contributed by atoms with Crippen LogP contribution in [0.1, 0.15) is 50.8 Å². The molecule has 3 aromatic heterocycles. The number of carbonyl (C=O) groups excluding carboxylic acids is 1. The first kappa shape index (κ1) is 30.1. The van der Waals surface area contributed by atoms with Gasteiger partial charge >= 0.3 is 5.97 Å². The van der Waals surface area contributed by atoms with Crippen molar-refractivity contribution in [2.24, 2.45) is 21.1 Å². The highest BCUT2D eigenvalue weighted by Gasteiger charge is 2.27. The fraction of sp³-hybridized carbons (Fsp3) is 0.364. The fourth-order valence-corrected chi connectivity index (χ4v) is 7.15. The molecule has 0 N–H and O–H groups in total. The van der Waals surface area contributed by atoms with Crippen molar-refractivity contribution in [1.82, 2.24) is 24.1 Å². The van der Waals surface area contributed by atoms with Crippen molar-refractivity contribution >= 4 is 40.2 Å². The summed E-state index contributed by atoms with van der Waals surface area (Å²) in [5.74, 6) is 2.48. The molecule has 8 bridgehead atoms. The van der Waals surface area contributed by atoms with Gasteiger partial charge in [-0.15, -0.1) is 11.8 Å². The Labute approximate surface area is 266 Å². The maximum absolute atomic E-state index is 13.2. The SMILES string of the molecule is COC(=O)c1c2c3ccc(Cl)c(c3n1C)-c1c(nn(C)c1C)CSCc1cc(n(C)n1)COc1cc(C)cc(c1)OCCC2. The Balaban J connectivity index is 1.48. The van der Waals surface area contributed by atoms with Gasteiger partial charge < -0.3 is 18.8 Å². The maximum atomic E-state index is 13.2. The number of esters is 1. The van der Waals surface area contributed by atoms with Gasteiger partial charge in [-0.25, -0.2) is 4.79 Å². The minimum Gasteiger partial charge on any atom is -0.493 e. The predicted molar refractivity (Wildman–Crippen MR) is 174 cm³/mol. The Kier molecular flexibility index (Phi) is 8.39. The third-order valence-electron chi connectivity index (χ3n) is 8.21. The zero-order valence-electron chi connectivity index (χ0n) is 25.9. The Hall–Kier alpha value is -3.89. The van der Waals surface area contributed by atoms with E-state index in [1.165, 1.54) is 7.11 Å². The Morgan fingerprint density at radius 3 is 2.52 bits per heavy atom. The van der Waals surface area contributed by atoms with Gasteiger partial charge in [0.2, 0.25) is 0 Å². The first-order chi connectivity index (χ1) is 21.2. The van der Waals surface area contributed by atoms with Crippen molar-refractivity contribution in [3.8, 4) is 22.6 Å². The summed E-state index contributed by atoms with van der Waals surface area (Å²) in [7, 11) is 7.21. The van der Waals surface area contributed by atoms with E-state index in [0.29, 0.717) is 48.3 Å². The highest BCUT2D eigenvalue weighted by molar-refractivity contribution is 7.97. The standard InChI is InChI=1S/C33H36ClN5O4S/c1-19-12-23-15-24(13-19)43-16-22-14-21(35-39(22)5)17-44-18-28-29(20(2)38(4)36-28)30-27(34)10-9-26-25(8-7-11-42-23)32(33(40)41-6)37(3)31(26)30/h9-10,12-15H,7-8,11,16-18H2,1-6H3. The lowest BCUT2D eigenvalue weighted by atomic mass is 9.98. The van der Waals surface area contributed by atoms with Gasteiger partial charge in [0.25, 0.3) is 0 Å². The lowest BCUT2D eigenvalue weighted by Crippen LogP contribution is -2.11. The molecule has 0 spiro atoms. The lowest BCUT2D eigenvalue weighted by molar-refractivity contribution is 0.0589. The number of hydrogen-bond donors (Lipinski definition) is 0. The van der Waals surface area contributed by atoms with Crippen molar-refractivity contribution in [2.75, 3.05) is 13.7 Å². The molecule has 44 heavy (non-hydrogen) atoms. The molecule has 0 saturated heterocycles. The molecule has 4 heterocycles. The van der Waals surface area contributed by atoms with E-state index in [4.69, 9.17) is 36.0 Å². The number of hydrogen-bond acceptors (Lipinski definition) is 7. The molecule has 230 valence electrons. The first-order valence-electron chi connectivity index (χ1n) is 14.5. The molecule has 0 fully saturated rings. The largest absolute Gasteiger partial charge is 0.493 e. The van der Waals surface area contributed by atoms with E-state index in [9.17, 15) is 4.79 Å². The van der Waals surface area contributed by atoms with Gasteiger partial charge in [-0.05, 0) is 62.1 Å². The van der Waals surface area contributed by atoms with Gasteiger partial charge in [0.1, 0.15) is 23.8 Å². The molecule has 1 aliphatic heterocycles. The molecule has 0 radical (unpaired) electrons. The first-order valence-corrected chi connectivity index (χ1v) is 16.1. The van der Waals surface area contributed by atoms with Crippen LogP contribution in [-0.4, -0.2) is 43.8 Å². The summed E-state index contributed by atoms with van der Waals surface area (Å²) in [6.45, 7) is 4.94. The van der Waals surface area contributed by atoms with E-state index >= 15 is 0 Å². The number of aryl methyl sites for hydroxylation is 5. The van der Waals surface area contributed by atoms with E-state index in [2.05, 4.69) is 13.0 Å². The molecular formula is C33H36ClN5O4S. The predicted octanol–water partition coefficient (Wildman–Crippen LogP) is 6.71. The van der Waals surface area contributed by atoms with Gasteiger partial charge in [-0.1, -0.05) is 17.7 Å². The number of benzene rings is 2. The molecular weight excluding hydrogens is 598 g/mol. The Morgan fingerprint density at radius 1 is 0.977 bits per heavy atom. The second kappa shape index (κ2) is 12.2. The topological polar surface area (TPSA) is 85.3 Å². The molecule has 6 rings (SSSR count). The quantitative estimate of drug-likeness (QED) is 0.190. The van der Waals surface area contributed by atoms with Gasteiger partial charge in [0.15, 0.2) is 0 Å². The third-order valence-corrected chi connectivity index (χ3v) is 9.50. The van der Waals surface area contributed by atoms with Crippen LogP contribution in [0.15, 0.2) is 36.4 Å². The summed E-state index contributed by atoms with van der Waals surface area (Å²) in [6.07, 6.45) is 1.31. The van der Waals surface area contributed by atoms with Crippen LogP contribution < -0.4 is 9.47 Å². The van der Waals surface area contributed by atoms with Crippen LogP contribution in [0.5, 0.6) is 11.5 Å². The van der Waals surface area contributed by atoms with Crippen molar-refractivity contribution in [3.05, 3.63) is 81.0 Å². The third kappa shape index (κ3) is 5.57. The summed E-state index contributed by atoms with van der Waals surface area (Å²) < 4.78 is 23.3. The minimum absolute atomic E-state index is 0.384. The Morgan fingerprint density at radius 2 is 1.75 bits per heavy atom. The molecule has 0 saturated carbocycles. The maximum Gasteiger partial charge on any atom is 0.354 e. The monoisotopic (exact) mass is 633 g/mol. The summed E-state index contributed by atoms with van der Waals surface area (Å²) in [6, 6.07) is 11.9. The molecule has 0 aliphatic carbocycles. The van der Waals surface area contributed by atoms with Crippen LogP contribution in [0, 0.1) is 13.8 Å². The van der Waals surface area contributed by atoms with Crippen molar-refractivity contribution in [3.63, 3.8) is 0 Å². The zero-order valence-corrected chi connectivity index (χ0v) is 27.4. The molecule has 0 unspecified atom stereocenters. The van der Waals surface area contributed by atoms with Crippen molar-refractivity contribution < 1.29 is 19.0 Å². The number of methoxy groups -OCH3 is 1. The van der Waals surface area contributed by atoms with E-state index < -0.39 is 0 Å². The number of ether oxygens (including phenoxy) is 3. The van der Waals surface area contributed by atoms with Crippen LogP contribution in [-0.2, 0) is 50.4 Å². The highest BCUT2D eigenvalue weighted by Crippen LogP contribution is 2.42. The second-order valence-electron chi connectivity index (χ2n) is 11.2. The van der Waals surface area contributed by atoms with Crippen LogP contribution in [0.2, 0.25) is 5.02 Å². The number of carbonyl (C=O) groups is 1. The van der Waals surface area contributed by atoms with Gasteiger partial charge in [-0.3, -0.25) is 9.36 Å². The molecule has 9 nitrogen and oxygen atoms in total. The number of halogens is 1. The molecule has 1 aliphatic rings. The minimum atomic E-state index is -0.384. The fourth-order valence-electron chi connectivity index (χ4n) is 6.06. The van der Waals surface area contributed by atoms with Gasteiger partial charge in [0, 0.05) is 60.9 Å². The smallest absolute Gasteiger partial charge is 0.354 e. The molecule has 0 amide bonds. The van der Waals surface area contributed by atoms with Gasteiger partial charge in [0.05, 0.1) is 41.3 Å². The molecule has 0 atom stereocenters. The summed E-state index contributed by atoms with van der Waals surface area (Å²) in [5, 5.41) is 11.2. The molecule has 5 aromatic rings. The van der Waals surface area contributed by atoms with Crippen LogP contribution >= 0.6 is 23.4 Å². The summed E-state index contributed by atoms with van der Waals surface area (Å²) in [5.41, 5.74) is 9.11. The lowest BCUT2D eigenvalue weighted by Gasteiger charge is -2.12. The number of aromatic nitrogens is 5. The van der Waals surface area contributed by atoms with Crippen molar-refractivity contribution in [1.29, 1.82) is 0 Å². The molecule has 11 heteroatoms. The van der Waals surface area contributed by atoms with Crippen molar-refractivity contribution in [2.45, 2.75) is 44.8 Å². The van der Waals surface area contributed by atoms with Gasteiger partial charge in [-0.2, -0.15) is 10.2 Å². The van der Waals surface area contributed by atoms with E-state index in [1.807, 2.05) is 72.3 Å². The number of fused-ring (bicyclic) bond motifs is 6. The van der Waals surface area contributed by atoms with E-state index in [0.717, 1.165) is 67.4 Å². The van der Waals surface area contributed by atoms with Crippen LogP contribution in [0.25, 0.3) is 22.0 Å². The summed E-state index contributed by atoms with van der Waals surface area (Å²) >= 11 is 8.74. The van der Waals surface area contributed by atoms with E-state index in [-0.39, 0.29) is 5.97 Å². The van der Waals surface area contributed by atoms with Crippen LogP contribution in [0.3, 0.4) is 0 Å². The van der Waals surface area contributed by atoms with Crippen LogP contribution in [0.4, 0.5) is 0 Å². The van der Waals surface area contributed by atoms with E-state index in [1.54, 1.807) is 11.8 Å². The Bertz CT molecular complexity index is 1890. The normalized spacial score (nSPS) is 14.1. The zero-order chi connectivity index (χ0) is 31.1. The highest BCUT2D eigenvalue weighted by atomic mass is 35.5. The number of thioether (sulfide) groups is 1. The average molecular weight is 634 g/mol.